The third kappa shape index (κ3) is 2.97. The van der Waals surface area contributed by atoms with Gasteiger partial charge >= 0.3 is 0 Å². The highest BCUT2D eigenvalue weighted by Crippen LogP contribution is 2.41. The maximum Gasteiger partial charge on any atom is 0.230 e. The summed E-state index contributed by atoms with van der Waals surface area (Å²) in [7, 11) is 1.66. The van der Waals surface area contributed by atoms with Crippen molar-refractivity contribution < 1.29 is 9.53 Å². The van der Waals surface area contributed by atoms with Gasteiger partial charge < -0.3 is 10.1 Å². The molecule has 1 aliphatic carbocycles. The number of nitrogens with one attached hydrogen (secondary N) is 1. The molecule has 1 fully saturated rings. The van der Waals surface area contributed by atoms with Gasteiger partial charge in [-0.3, -0.25) is 4.79 Å². The zero-order valence-corrected chi connectivity index (χ0v) is 12.6. The first kappa shape index (κ1) is 14.9. The SMILES string of the molecule is CCCCNC(=O)C1(c2ccc(OC)cc2)CCCC1. The van der Waals surface area contributed by atoms with Crippen LogP contribution in [0.25, 0.3) is 0 Å². The molecule has 0 aromatic heterocycles. The number of unbranched alkanes of at least 4 members (excludes halogenated alkanes) is 1. The zero-order valence-electron chi connectivity index (χ0n) is 12.6. The lowest BCUT2D eigenvalue weighted by Crippen LogP contribution is -2.42. The summed E-state index contributed by atoms with van der Waals surface area (Å²) in [6.45, 7) is 2.92. The Morgan fingerprint density at radius 1 is 1.25 bits per heavy atom. The maximum atomic E-state index is 12.7. The Morgan fingerprint density at radius 2 is 1.90 bits per heavy atom. The quantitative estimate of drug-likeness (QED) is 0.808. The summed E-state index contributed by atoms with van der Waals surface area (Å²) in [4.78, 5) is 12.7. The van der Waals surface area contributed by atoms with Gasteiger partial charge in [-0.05, 0) is 37.0 Å². The fourth-order valence-corrected chi connectivity index (χ4v) is 3.08. The van der Waals surface area contributed by atoms with Crippen LogP contribution in [0.2, 0.25) is 0 Å². The van der Waals surface area contributed by atoms with Gasteiger partial charge in [0.25, 0.3) is 0 Å². The van der Waals surface area contributed by atoms with E-state index in [1.807, 2.05) is 24.3 Å². The Balaban J connectivity index is 2.17. The third-order valence-corrected chi connectivity index (χ3v) is 4.35. The number of carbonyl (C=O) groups excluding carboxylic acids is 1. The molecule has 2 rings (SSSR count). The summed E-state index contributed by atoms with van der Waals surface area (Å²) < 4.78 is 5.20. The van der Waals surface area contributed by atoms with E-state index in [4.69, 9.17) is 4.74 Å². The molecule has 0 bridgehead atoms. The van der Waals surface area contributed by atoms with Crippen LogP contribution in [-0.2, 0) is 10.2 Å². The first-order chi connectivity index (χ1) is 9.73. The second-order valence-corrected chi connectivity index (χ2v) is 5.63. The molecule has 0 saturated heterocycles. The van der Waals surface area contributed by atoms with Crippen molar-refractivity contribution in [3.8, 4) is 5.75 Å². The Hall–Kier alpha value is -1.51. The predicted molar refractivity (Wildman–Crippen MR) is 81.1 cm³/mol. The van der Waals surface area contributed by atoms with E-state index in [0.717, 1.165) is 56.4 Å². The van der Waals surface area contributed by atoms with Crippen molar-refractivity contribution in [3.05, 3.63) is 29.8 Å². The summed E-state index contributed by atoms with van der Waals surface area (Å²) in [5.41, 5.74) is 0.810. The van der Waals surface area contributed by atoms with Crippen LogP contribution in [0.15, 0.2) is 24.3 Å². The first-order valence-corrected chi connectivity index (χ1v) is 7.66. The van der Waals surface area contributed by atoms with E-state index >= 15 is 0 Å². The average molecular weight is 275 g/mol. The Labute approximate surface area is 121 Å². The van der Waals surface area contributed by atoms with Crippen LogP contribution in [0.5, 0.6) is 5.75 Å². The van der Waals surface area contributed by atoms with E-state index in [-0.39, 0.29) is 11.3 Å². The summed E-state index contributed by atoms with van der Waals surface area (Å²) in [6, 6.07) is 8.00. The molecule has 0 radical (unpaired) electrons. The molecule has 1 aromatic carbocycles. The summed E-state index contributed by atoms with van der Waals surface area (Å²) in [5.74, 6) is 1.04. The second-order valence-electron chi connectivity index (χ2n) is 5.63. The van der Waals surface area contributed by atoms with Crippen molar-refractivity contribution in [1.29, 1.82) is 0 Å². The molecule has 1 aromatic rings. The molecule has 1 N–H and O–H groups in total. The van der Waals surface area contributed by atoms with Gasteiger partial charge in [-0.1, -0.05) is 38.3 Å². The monoisotopic (exact) mass is 275 g/mol. The summed E-state index contributed by atoms with van der Waals surface area (Å²) in [5, 5.41) is 3.12. The highest BCUT2D eigenvalue weighted by molar-refractivity contribution is 5.88. The minimum Gasteiger partial charge on any atom is -0.497 e. The molecule has 3 heteroatoms. The second kappa shape index (κ2) is 6.78. The molecule has 0 aliphatic heterocycles. The predicted octanol–water partition coefficient (Wildman–Crippen LogP) is 3.42. The number of methoxy groups -OCH3 is 1. The van der Waals surface area contributed by atoms with Crippen LogP contribution >= 0.6 is 0 Å². The molecule has 1 aliphatic rings. The Bertz CT molecular complexity index is 433. The van der Waals surface area contributed by atoms with E-state index in [1.165, 1.54) is 0 Å². The van der Waals surface area contributed by atoms with Crippen molar-refractivity contribution in [2.45, 2.75) is 50.9 Å². The van der Waals surface area contributed by atoms with Crippen LogP contribution in [0.1, 0.15) is 51.0 Å². The number of amides is 1. The molecule has 0 unspecified atom stereocenters. The number of ether oxygens (including phenoxy) is 1. The minimum absolute atomic E-state index is 0.202. The lowest BCUT2D eigenvalue weighted by Gasteiger charge is -2.28. The van der Waals surface area contributed by atoms with E-state index < -0.39 is 0 Å². The molecule has 20 heavy (non-hydrogen) atoms. The molecule has 3 nitrogen and oxygen atoms in total. The van der Waals surface area contributed by atoms with Crippen LogP contribution < -0.4 is 10.1 Å². The number of hydrogen-bond acceptors (Lipinski definition) is 2. The summed E-state index contributed by atoms with van der Waals surface area (Å²) >= 11 is 0. The highest BCUT2D eigenvalue weighted by atomic mass is 16.5. The van der Waals surface area contributed by atoms with Gasteiger partial charge in [-0.2, -0.15) is 0 Å². The van der Waals surface area contributed by atoms with Gasteiger partial charge in [0.2, 0.25) is 5.91 Å². The fraction of sp³-hybridized carbons (Fsp3) is 0.588. The average Bonchev–Trinajstić information content (AvgIpc) is 2.98. The van der Waals surface area contributed by atoms with Crippen LogP contribution in [0.3, 0.4) is 0 Å². The van der Waals surface area contributed by atoms with Gasteiger partial charge in [0.05, 0.1) is 12.5 Å². The van der Waals surface area contributed by atoms with Crippen molar-refractivity contribution in [1.82, 2.24) is 5.32 Å². The topological polar surface area (TPSA) is 38.3 Å². The van der Waals surface area contributed by atoms with Crippen molar-refractivity contribution >= 4 is 5.91 Å². The minimum atomic E-state index is -0.319. The maximum absolute atomic E-state index is 12.7. The standard InChI is InChI=1S/C17H25NO2/c1-3-4-13-18-16(19)17(11-5-6-12-17)14-7-9-15(20-2)10-8-14/h7-10H,3-6,11-13H2,1-2H3,(H,18,19). The molecular formula is C17H25NO2. The molecule has 1 amide bonds. The lowest BCUT2D eigenvalue weighted by atomic mass is 9.78. The van der Waals surface area contributed by atoms with E-state index in [1.54, 1.807) is 7.11 Å². The zero-order chi connectivity index (χ0) is 14.4. The third-order valence-electron chi connectivity index (χ3n) is 4.35. The van der Waals surface area contributed by atoms with Crippen molar-refractivity contribution in [2.24, 2.45) is 0 Å². The van der Waals surface area contributed by atoms with Gasteiger partial charge in [0, 0.05) is 6.54 Å². The van der Waals surface area contributed by atoms with Gasteiger partial charge in [-0.25, -0.2) is 0 Å². The molecular weight excluding hydrogens is 250 g/mol. The van der Waals surface area contributed by atoms with Crippen molar-refractivity contribution in [3.63, 3.8) is 0 Å². The Morgan fingerprint density at radius 3 is 2.45 bits per heavy atom. The summed E-state index contributed by atoms with van der Waals surface area (Å²) in [6.07, 6.45) is 6.33. The normalized spacial score (nSPS) is 16.9. The molecule has 0 heterocycles. The van der Waals surface area contributed by atoms with E-state index in [0.29, 0.717) is 0 Å². The fourth-order valence-electron chi connectivity index (χ4n) is 3.08. The van der Waals surface area contributed by atoms with E-state index in [2.05, 4.69) is 12.2 Å². The molecule has 110 valence electrons. The van der Waals surface area contributed by atoms with E-state index in [9.17, 15) is 4.79 Å². The lowest BCUT2D eigenvalue weighted by molar-refractivity contribution is -0.126. The van der Waals surface area contributed by atoms with Gasteiger partial charge in [0.1, 0.15) is 5.75 Å². The van der Waals surface area contributed by atoms with Crippen LogP contribution in [0.4, 0.5) is 0 Å². The Kier molecular flexibility index (Phi) is 5.05. The number of carbonyl (C=O) groups is 1. The molecule has 0 spiro atoms. The smallest absolute Gasteiger partial charge is 0.230 e. The van der Waals surface area contributed by atoms with Gasteiger partial charge in [-0.15, -0.1) is 0 Å². The van der Waals surface area contributed by atoms with Crippen LogP contribution in [0, 0.1) is 0 Å². The van der Waals surface area contributed by atoms with Crippen molar-refractivity contribution in [2.75, 3.05) is 13.7 Å². The largest absolute Gasteiger partial charge is 0.497 e. The molecule has 1 saturated carbocycles. The number of benzene rings is 1. The van der Waals surface area contributed by atoms with Gasteiger partial charge in [0.15, 0.2) is 0 Å². The first-order valence-electron chi connectivity index (χ1n) is 7.66. The molecule has 0 atom stereocenters. The number of hydrogen-bond donors (Lipinski definition) is 1. The van der Waals surface area contributed by atoms with Crippen LogP contribution in [-0.4, -0.2) is 19.6 Å². The number of rotatable bonds is 6. The highest BCUT2D eigenvalue weighted by Gasteiger charge is 2.42.